The van der Waals surface area contributed by atoms with E-state index in [1.54, 1.807) is 22.6 Å². The molecule has 5 nitrogen and oxygen atoms in total. The second-order valence-corrected chi connectivity index (χ2v) is 9.01. The van der Waals surface area contributed by atoms with Gasteiger partial charge in [0.25, 0.3) is 0 Å². The summed E-state index contributed by atoms with van der Waals surface area (Å²) in [6.45, 7) is 5.02. The lowest BCUT2D eigenvalue weighted by atomic mass is 9.91. The van der Waals surface area contributed by atoms with Gasteiger partial charge in [-0.15, -0.1) is 0 Å². The van der Waals surface area contributed by atoms with E-state index in [2.05, 4.69) is 9.97 Å². The SMILES string of the molecule is Cc1ccc(S(=O)(=O)N2CCC(c3c[nH]c4cccnc34)CC2)cc1C. The Kier molecular flexibility index (Phi) is 4.32. The van der Waals surface area contributed by atoms with E-state index in [0.717, 1.165) is 35.0 Å². The minimum absolute atomic E-state index is 0.338. The summed E-state index contributed by atoms with van der Waals surface area (Å²) in [5.74, 6) is 0.338. The van der Waals surface area contributed by atoms with Crippen molar-refractivity contribution < 1.29 is 8.42 Å². The fourth-order valence-corrected chi connectivity index (χ4v) is 5.27. The molecule has 1 fully saturated rings. The van der Waals surface area contributed by atoms with E-state index in [-0.39, 0.29) is 0 Å². The topological polar surface area (TPSA) is 66.1 Å². The van der Waals surface area contributed by atoms with Gasteiger partial charge in [-0.05, 0) is 73.6 Å². The van der Waals surface area contributed by atoms with Gasteiger partial charge in [0.15, 0.2) is 0 Å². The van der Waals surface area contributed by atoms with Crippen molar-refractivity contribution in [1.82, 2.24) is 14.3 Å². The highest BCUT2D eigenvalue weighted by Gasteiger charge is 2.31. The van der Waals surface area contributed by atoms with Crippen molar-refractivity contribution in [3.63, 3.8) is 0 Å². The third kappa shape index (κ3) is 2.93. The summed E-state index contributed by atoms with van der Waals surface area (Å²) in [7, 11) is -3.43. The zero-order valence-electron chi connectivity index (χ0n) is 15.1. The Balaban J connectivity index is 1.53. The number of aryl methyl sites for hydroxylation is 2. The van der Waals surface area contributed by atoms with Crippen molar-refractivity contribution in [1.29, 1.82) is 0 Å². The van der Waals surface area contributed by atoms with Crippen molar-refractivity contribution in [3.8, 4) is 0 Å². The Labute approximate surface area is 154 Å². The van der Waals surface area contributed by atoms with E-state index in [0.29, 0.717) is 23.9 Å². The average molecular weight is 369 g/mol. The average Bonchev–Trinajstić information content (AvgIpc) is 3.08. The van der Waals surface area contributed by atoms with Crippen LogP contribution in [0.1, 0.15) is 35.4 Å². The fraction of sp³-hybridized carbons (Fsp3) is 0.350. The quantitative estimate of drug-likeness (QED) is 0.765. The lowest BCUT2D eigenvalue weighted by Gasteiger charge is -2.31. The number of pyridine rings is 1. The van der Waals surface area contributed by atoms with Crippen LogP contribution in [0.4, 0.5) is 0 Å². The van der Waals surface area contributed by atoms with Crippen LogP contribution in [0.3, 0.4) is 0 Å². The smallest absolute Gasteiger partial charge is 0.243 e. The van der Waals surface area contributed by atoms with E-state index in [1.807, 2.05) is 38.2 Å². The number of hydrogen-bond donors (Lipinski definition) is 1. The largest absolute Gasteiger partial charge is 0.360 e. The maximum atomic E-state index is 13.0. The van der Waals surface area contributed by atoms with Crippen LogP contribution < -0.4 is 0 Å². The van der Waals surface area contributed by atoms with Gasteiger partial charge in [0.05, 0.1) is 15.9 Å². The molecule has 0 unspecified atom stereocenters. The van der Waals surface area contributed by atoms with E-state index in [9.17, 15) is 8.42 Å². The van der Waals surface area contributed by atoms with Crippen LogP contribution >= 0.6 is 0 Å². The molecule has 136 valence electrons. The number of hydrogen-bond acceptors (Lipinski definition) is 3. The molecule has 0 atom stereocenters. The third-order valence-electron chi connectivity index (χ3n) is 5.47. The molecule has 26 heavy (non-hydrogen) atoms. The molecule has 0 radical (unpaired) electrons. The Morgan fingerprint density at radius 2 is 1.88 bits per heavy atom. The highest BCUT2D eigenvalue weighted by atomic mass is 32.2. The zero-order chi connectivity index (χ0) is 18.3. The molecule has 0 aliphatic carbocycles. The summed E-state index contributed by atoms with van der Waals surface area (Å²) >= 11 is 0. The molecule has 2 aromatic heterocycles. The number of rotatable bonds is 3. The van der Waals surface area contributed by atoms with Crippen molar-refractivity contribution in [2.24, 2.45) is 0 Å². The molecule has 0 spiro atoms. The fourth-order valence-electron chi connectivity index (χ4n) is 3.72. The van der Waals surface area contributed by atoms with Gasteiger partial charge in [-0.1, -0.05) is 6.07 Å². The van der Waals surface area contributed by atoms with Crippen LogP contribution in [0, 0.1) is 13.8 Å². The number of nitrogens with one attached hydrogen (secondary N) is 1. The van der Waals surface area contributed by atoms with E-state index in [4.69, 9.17) is 0 Å². The van der Waals surface area contributed by atoms with Crippen molar-refractivity contribution in [2.75, 3.05) is 13.1 Å². The summed E-state index contributed by atoms with van der Waals surface area (Å²) in [5, 5.41) is 0. The predicted octanol–water partition coefficient (Wildman–Crippen LogP) is 3.75. The van der Waals surface area contributed by atoms with E-state index >= 15 is 0 Å². The van der Waals surface area contributed by atoms with Crippen LogP contribution in [0.2, 0.25) is 0 Å². The minimum Gasteiger partial charge on any atom is -0.360 e. The lowest BCUT2D eigenvalue weighted by Crippen LogP contribution is -2.37. The van der Waals surface area contributed by atoms with Crippen LogP contribution in [-0.4, -0.2) is 35.8 Å². The van der Waals surface area contributed by atoms with Gasteiger partial charge in [-0.2, -0.15) is 4.31 Å². The summed E-state index contributed by atoms with van der Waals surface area (Å²) in [6, 6.07) is 9.31. The van der Waals surface area contributed by atoms with Gasteiger partial charge in [-0.25, -0.2) is 8.42 Å². The van der Waals surface area contributed by atoms with Crippen LogP contribution in [-0.2, 0) is 10.0 Å². The second-order valence-electron chi connectivity index (χ2n) is 7.07. The summed E-state index contributed by atoms with van der Waals surface area (Å²) < 4.78 is 27.5. The third-order valence-corrected chi connectivity index (χ3v) is 7.37. The zero-order valence-corrected chi connectivity index (χ0v) is 15.9. The molecular formula is C20H23N3O2S. The summed E-state index contributed by atoms with van der Waals surface area (Å²) in [6.07, 6.45) is 5.45. The van der Waals surface area contributed by atoms with Gasteiger partial charge in [0.1, 0.15) is 0 Å². The first kappa shape index (κ1) is 17.2. The predicted molar refractivity (Wildman–Crippen MR) is 103 cm³/mol. The van der Waals surface area contributed by atoms with Gasteiger partial charge in [-0.3, -0.25) is 4.98 Å². The van der Waals surface area contributed by atoms with Gasteiger partial charge in [0, 0.05) is 25.5 Å². The molecule has 1 aliphatic heterocycles. The van der Waals surface area contributed by atoms with Crippen molar-refractivity contribution in [3.05, 3.63) is 59.4 Å². The monoisotopic (exact) mass is 369 g/mol. The first-order chi connectivity index (χ1) is 12.5. The molecule has 0 bridgehead atoms. The highest BCUT2D eigenvalue weighted by molar-refractivity contribution is 7.89. The molecule has 4 rings (SSSR count). The maximum Gasteiger partial charge on any atom is 0.243 e. The Bertz CT molecular complexity index is 1050. The normalized spacial score (nSPS) is 17.0. The second kappa shape index (κ2) is 6.52. The molecule has 1 aliphatic rings. The minimum atomic E-state index is -3.43. The summed E-state index contributed by atoms with van der Waals surface area (Å²) in [4.78, 5) is 8.15. The Morgan fingerprint density at radius 1 is 1.12 bits per heavy atom. The highest BCUT2D eigenvalue weighted by Crippen LogP contribution is 2.34. The number of piperidine rings is 1. The Morgan fingerprint density at radius 3 is 2.62 bits per heavy atom. The van der Waals surface area contributed by atoms with Crippen LogP contribution in [0.5, 0.6) is 0 Å². The molecule has 0 amide bonds. The molecule has 3 aromatic rings. The number of sulfonamides is 1. The molecule has 6 heteroatoms. The standard InChI is InChI=1S/C20H23N3O2S/c1-14-5-6-17(12-15(14)2)26(24,25)23-10-7-16(8-11-23)18-13-22-19-4-3-9-21-20(18)19/h3-6,9,12-13,16,22H,7-8,10-11H2,1-2H3. The van der Waals surface area contributed by atoms with Crippen LogP contribution in [0.15, 0.2) is 47.6 Å². The van der Waals surface area contributed by atoms with Crippen molar-refractivity contribution >= 4 is 21.1 Å². The van der Waals surface area contributed by atoms with E-state index in [1.165, 1.54) is 5.56 Å². The van der Waals surface area contributed by atoms with Crippen molar-refractivity contribution in [2.45, 2.75) is 37.5 Å². The molecule has 1 aromatic carbocycles. The number of aromatic amines is 1. The van der Waals surface area contributed by atoms with Crippen LogP contribution in [0.25, 0.3) is 11.0 Å². The number of nitrogens with zero attached hydrogens (tertiary/aromatic N) is 2. The number of benzene rings is 1. The van der Waals surface area contributed by atoms with Gasteiger partial charge < -0.3 is 4.98 Å². The molecule has 1 saturated heterocycles. The first-order valence-corrected chi connectivity index (χ1v) is 10.4. The van der Waals surface area contributed by atoms with E-state index < -0.39 is 10.0 Å². The maximum absolute atomic E-state index is 13.0. The lowest BCUT2D eigenvalue weighted by molar-refractivity contribution is 0.320. The Hall–Kier alpha value is -2.18. The molecular weight excluding hydrogens is 346 g/mol. The number of fused-ring (bicyclic) bond motifs is 1. The summed E-state index contributed by atoms with van der Waals surface area (Å²) in [5.41, 5.74) is 5.35. The molecule has 1 N–H and O–H groups in total. The molecule has 3 heterocycles. The number of H-pyrrole nitrogens is 1. The molecule has 0 saturated carbocycles. The first-order valence-electron chi connectivity index (χ1n) is 8.96. The van der Waals surface area contributed by atoms with Gasteiger partial charge >= 0.3 is 0 Å². The van der Waals surface area contributed by atoms with Gasteiger partial charge in [0.2, 0.25) is 10.0 Å². The number of aromatic nitrogens is 2.